The zero-order chi connectivity index (χ0) is 33.4. The predicted octanol–water partition coefficient (Wildman–Crippen LogP) is 11.6. The summed E-state index contributed by atoms with van der Waals surface area (Å²) < 4.78 is 101. The van der Waals surface area contributed by atoms with Gasteiger partial charge in [0.05, 0.1) is 19.1 Å². The standard InChI is InChI=1S/C38H48F6O3/c1-2-3-4-9-27-23-45-37(46-24-27)29-16-19-32(33(39)20-29)28-14-10-25(11-15-28)7-5-6-8-26-12-17-30(18-13-26)38(43,44)47-31-21-34(40)36(42)35(41)22-31/h5,7,16,19-22,25-28,30,37H,2-4,6,8-15,17-18,23-24H2,1H3. The molecular weight excluding hydrogens is 618 g/mol. The second-order valence-electron chi connectivity index (χ2n) is 13.8. The van der Waals surface area contributed by atoms with Crippen LogP contribution < -0.4 is 4.74 Å². The lowest BCUT2D eigenvalue weighted by molar-refractivity contribution is -0.223. The Morgan fingerprint density at radius 2 is 1.47 bits per heavy atom. The quantitative estimate of drug-likeness (QED) is 0.0922. The van der Waals surface area contributed by atoms with E-state index in [-0.39, 0.29) is 24.6 Å². The molecule has 0 amide bonds. The van der Waals surface area contributed by atoms with Crippen molar-refractivity contribution in [2.24, 2.45) is 23.7 Å². The molecular formula is C38H48F6O3. The Balaban J connectivity index is 0.990. The molecule has 1 heterocycles. The van der Waals surface area contributed by atoms with Crippen LogP contribution in [-0.2, 0) is 9.47 Å². The number of halogens is 6. The van der Waals surface area contributed by atoms with Crippen molar-refractivity contribution in [3.8, 4) is 5.75 Å². The van der Waals surface area contributed by atoms with Gasteiger partial charge in [-0.2, -0.15) is 8.78 Å². The molecule has 9 heteroatoms. The fourth-order valence-electron chi connectivity index (χ4n) is 7.47. The molecule has 3 fully saturated rings. The summed E-state index contributed by atoms with van der Waals surface area (Å²) in [5.74, 6) is -5.43. The van der Waals surface area contributed by atoms with Gasteiger partial charge < -0.3 is 14.2 Å². The maximum absolute atomic E-state index is 15.2. The molecule has 2 aliphatic carbocycles. The summed E-state index contributed by atoms with van der Waals surface area (Å²) in [6.07, 6.45) is 12.4. The van der Waals surface area contributed by atoms with Crippen molar-refractivity contribution in [2.45, 2.75) is 115 Å². The van der Waals surface area contributed by atoms with Crippen molar-refractivity contribution in [1.82, 2.24) is 0 Å². The van der Waals surface area contributed by atoms with E-state index in [1.807, 2.05) is 12.1 Å². The Labute approximate surface area is 275 Å². The molecule has 1 saturated heterocycles. The van der Waals surface area contributed by atoms with E-state index in [9.17, 15) is 22.0 Å². The minimum absolute atomic E-state index is 0.184. The van der Waals surface area contributed by atoms with Gasteiger partial charge in [-0.1, -0.05) is 50.5 Å². The molecule has 0 radical (unpaired) electrons. The van der Waals surface area contributed by atoms with E-state index in [0.29, 0.717) is 55.9 Å². The van der Waals surface area contributed by atoms with Crippen LogP contribution in [0.15, 0.2) is 42.5 Å². The summed E-state index contributed by atoms with van der Waals surface area (Å²) in [5.41, 5.74) is 1.51. The minimum Gasteiger partial charge on any atom is -0.432 e. The zero-order valence-electron chi connectivity index (χ0n) is 27.3. The molecule has 47 heavy (non-hydrogen) atoms. The third-order valence-electron chi connectivity index (χ3n) is 10.4. The van der Waals surface area contributed by atoms with E-state index < -0.39 is 41.5 Å². The molecule has 1 aliphatic heterocycles. The highest BCUT2D eigenvalue weighted by atomic mass is 19.3. The molecule has 0 bridgehead atoms. The van der Waals surface area contributed by atoms with Gasteiger partial charge in [-0.25, -0.2) is 17.6 Å². The third-order valence-corrected chi connectivity index (χ3v) is 10.4. The molecule has 3 nitrogen and oxygen atoms in total. The highest BCUT2D eigenvalue weighted by Gasteiger charge is 2.44. The van der Waals surface area contributed by atoms with Crippen LogP contribution in [0.1, 0.15) is 120 Å². The second-order valence-corrected chi connectivity index (χ2v) is 13.8. The van der Waals surface area contributed by atoms with Gasteiger partial charge in [-0.3, -0.25) is 0 Å². The van der Waals surface area contributed by atoms with Crippen molar-refractivity contribution in [3.05, 3.63) is 76.9 Å². The normalized spacial score (nSPS) is 27.3. The van der Waals surface area contributed by atoms with Gasteiger partial charge in [0.2, 0.25) is 0 Å². The Hall–Kier alpha value is -2.52. The zero-order valence-corrected chi connectivity index (χ0v) is 27.3. The smallest absolute Gasteiger partial charge is 0.400 e. The van der Waals surface area contributed by atoms with E-state index >= 15 is 4.39 Å². The number of unbranched alkanes of at least 4 members (excludes halogenated alkanes) is 2. The molecule has 3 aliphatic rings. The summed E-state index contributed by atoms with van der Waals surface area (Å²) in [7, 11) is 0. The molecule has 2 aromatic carbocycles. The maximum Gasteiger partial charge on any atom is 0.400 e. The van der Waals surface area contributed by atoms with Gasteiger partial charge in [-0.15, -0.1) is 0 Å². The highest BCUT2D eigenvalue weighted by Crippen LogP contribution is 2.42. The molecule has 0 aromatic heterocycles. The topological polar surface area (TPSA) is 27.7 Å². The average Bonchev–Trinajstić information content (AvgIpc) is 3.06. The number of rotatable bonds is 13. The van der Waals surface area contributed by atoms with E-state index in [1.165, 1.54) is 19.3 Å². The molecule has 5 rings (SSSR count). The molecule has 2 saturated carbocycles. The van der Waals surface area contributed by atoms with Gasteiger partial charge in [0, 0.05) is 23.6 Å². The lowest BCUT2D eigenvalue weighted by atomic mass is 9.77. The molecule has 260 valence electrons. The van der Waals surface area contributed by atoms with Crippen LogP contribution >= 0.6 is 0 Å². The summed E-state index contributed by atoms with van der Waals surface area (Å²) >= 11 is 0. The van der Waals surface area contributed by atoms with Gasteiger partial charge >= 0.3 is 6.11 Å². The first-order valence-electron chi connectivity index (χ1n) is 17.5. The van der Waals surface area contributed by atoms with Crippen LogP contribution in [-0.4, -0.2) is 19.3 Å². The summed E-state index contributed by atoms with van der Waals surface area (Å²) in [6.45, 7) is 3.50. The van der Waals surface area contributed by atoms with Crippen LogP contribution in [0.3, 0.4) is 0 Å². The van der Waals surface area contributed by atoms with Gasteiger partial charge in [0.25, 0.3) is 0 Å². The van der Waals surface area contributed by atoms with Crippen molar-refractivity contribution in [2.75, 3.05) is 13.2 Å². The van der Waals surface area contributed by atoms with Gasteiger partial charge in [0.15, 0.2) is 23.7 Å². The average molecular weight is 667 g/mol. The van der Waals surface area contributed by atoms with E-state index in [1.54, 1.807) is 6.07 Å². The lowest BCUT2D eigenvalue weighted by Crippen LogP contribution is -2.37. The summed E-state index contributed by atoms with van der Waals surface area (Å²) in [5, 5.41) is 0. The lowest BCUT2D eigenvalue weighted by Gasteiger charge is -2.33. The maximum atomic E-state index is 15.2. The van der Waals surface area contributed by atoms with Crippen LogP contribution in [0.5, 0.6) is 5.75 Å². The Morgan fingerprint density at radius 3 is 2.11 bits per heavy atom. The van der Waals surface area contributed by atoms with Crippen molar-refractivity contribution in [1.29, 1.82) is 0 Å². The largest absolute Gasteiger partial charge is 0.432 e. The first-order valence-corrected chi connectivity index (χ1v) is 17.5. The number of hydrogen-bond donors (Lipinski definition) is 0. The van der Waals surface area contributed by atoms with Crippen molar-refractivity contribution < 1.29 is 40.6 Å². The van der Waals surface area contributed by atoms with Crippen LogP contribution in [0.25, 0.3) is 0 Å². The molecule has 0 atom stereocenters. The van der Waals surface area contributed by atoms with Crippen LogP contribution in [0, 0.1) is 46.9 Å². The summed E-state index contributed by atoms with van der Waals surface area (Å²) in [6, 6.07) is 6.32. The number of allylic oxidation sites excluding steroid dienone is 2. The Kier molecular flexibility index (Phi) is 12.7. The highest BCUT2D eigenvalue weighted by molar-refractivity contribution is 5.29. The molecule has 0 spiro atoms. The first-order chi connectivity index (χ1) is 22.6. The molecule has 0 unspecified atom stereocenters. The van der Waals surface area contributed by atoms with Crippen molar-refractivity contribution in [3.63, 3.8) is 0 Å². The van der Waals surface area contributed by atoms with Crippen LogP contribution in [0.4, 0.5) is 26.3 Å². The number of ether oxygens (including phenoxy) is 3. The second kappa shape index (κ2) is 16.7. The monoisotopic (exact) mass is 666 g/mol. The Bertz CT molecular complexity index is 1290. The van der Waals surface area contributed by atoms with E-state index in [0.717, 1.165) is 56.1 Å². The fraction of sp³-hybridized carbons (Fsp3) is 0.632. The summed E-state index contributed by atoms with van der Waals surface area (Å²) in [4.78, 5) is 0. The van der Waals surface area contributed by atoms with Crippen LogP contribution in [0.2, 0.25) is 0 Å². The molecule has 2 aromatic rings. The first kappa shape index (κ1) is 35.8. The van der Waals surface area contributed by atoms with Crippen molar-refractivity contribution >= 4 is 0 Å². The van der Waals surface area contributed by atoms with Gasteiger partial charge in [0.1, 0.15) is 11.6 Å². The fourth-order valence-corrected chi connectivity index (χ4v) is 7.47. The Morgan fingerprint density at radius 1 is 0.787 bits per heavy atom. The van der Waals surface area contributed by atoms with E-state index in [4.69, 9.17) is 9.47 Å². The van der Waals surface area contributed by atoms with E-state index in [2.05, 4.69) is 23.8 Å². The number of benzene rings is 2. The third kappa shape index (κ3) is 9.78. The predicted molar refractivity (Wildman–Crippen MR) is 169 cm³/mol. The number of alkyl halides is 2. The minimum atomic E-state index is -3.60. The molecule has 0 N–H and O–H groups in total. The SMILES string of the molecule is CCCCCC1COC(c2ccc(C3CCC(C=CCCC4CCC(C(F)(F)Oc5cc(F)c(F)c(F)c5)CC4)CC3)c(F)c2)OC1. The van der Waals surface area contributed by atoms with Gasteiger partial charge in [-0.05, 0) is 100 Å². The number of hydrogen-bond acceptors (Lipinski definition) is 3.